The summed E-state index contributed by atoms with van der Waals surface area (Å²) in [4.78, 5) is 38.0. The van der Waals surface area contributed by atoms with Crippen molar-refractivity contribution in [2.75, 3.05) is 20.2 Å². The Morgan fingerprint density at radius 3 is 2.32 bits per heavy atom. The Hall–Kier alpha value is -2.57. The van der Waals surface area contributed by atoms with Crippen LogP contribution in [0.15, 0.2) is 29.1 Å². The van der Waals surface area contributed by atoms with Gasteiger partial charge in [-0.05, 0) is 25.5 Å². The SMILES string of the molecule is CCCN(CC(=O)OC)C(=O)CCn1c(=O)n(CC)c2ccccc21. The lowest BCUT2D eigenvalue weighted by Gasteiger charge is -2.20. The van der Waals surface area contributed by atoms with Crippen molar-refractivity contribution in [2.45, 2.75) is 39.8 Å². The van der Waals surface area contributed by atoms with E-state index in [0.29, 0.717) is 13.1 Å². The summed E-state index contributed by atoms with van der Waals surface area (Å²) in [6.45, 7) is 5.14. The molecule has 0 aliphatic carbocycles. The van der Waals surface area contributed by atoms with Gasteiger partial charge < -0.3 is 9.64 Å². The largest absolute Gasteiger partial charge is 0.468 e. The van der Waals surface area contributed by atoms with E-state index < -0.39 is 5.97 Å². The molecule has 1 aromatic heterocycles. The molecule has 0 spiro atoms. The van der Waals surface area contributed by atoms with Gasteiger partial charge in [0.05, 0.1) is 18.1 Å². The van der Waals surface area contributed by atoms with Crippen LogP contribution in [-0.4, -0.2) is 46.1 Å². The second-order valence-electron chi connectivity index (χ2n) is 5.81. The van der Waals surface area contributed by atoms with Gasteiger partial charge in [0.1, 0.15) is 6.54 Å². The van der Waals surface area contributed by atoms with E-state index in [1.54, 1.807) is 9.13 Å². The first-order chi connectivity index (χ1) is 12.0. The molecule has 25 heavy (non-hydrogen) atoms. The van der Waals surface area contributed by atoms with Crippen molar-refractivity contribution in [1.82, 2.24) is 14.0 Å². The zero-order valence-electron chi connectivity index (χ0n) is 15.0. The quantitative estimate of drug-likeness (QED) is 0.680. The summed E-state index contributed by atoms with van der Waals surface area (Å²) in [5.74, 6) is -0.603. The minimum atomic E-state index is -0.443. The Morgan fingerprint density at radius 2 is 1.76 bits per heavy atom. The number of esters is 1. The first kappa shape index (κ1) is 18.8. The number of ether oxygens (including phenoxy) is 1. The number of para-hydroxylation sites is 2. The van der Waals surface area contributed by atoms with E-state index >= 15 is 0 Å². The van der Waals surface area contributed by atoms with Crippen LogP contribution in [0.3, 0.4) is 0 Å². The van der Waals surface area contributed by atoms with Crippen LogP contribution in [-0.2, 0) is 27.4 Å². The molecule has 0 aliphatic heterocycles. The lowest BCUT2D eigenvalue weighted by atomic mass is 10.3. The number of amides is 1. The fraction of sp³-hybridized carbons (Fsp3) is 0.500. The van der Waals surface area contributed by atoms with Gasteiger partial charge in [-0.3, -0.25) is 18.7 Å². The van der Waals surface area contributed by atoms with Crippen LogP contribution < -0.4 is 5.69 Å². The minimum Gasteiger partial charge on any atom is -0.468 e. The molecule has 0 fully saturated rings. The molecule has 7 nitrogen and oxygen atoms in total. The van der Waals surface area contributed by atoms with Crippen molar-refractivity contribution in [3.05, 3.63) is 34.7 Å². The highest BCUT2D eigenvalue weighted by Gasteiger charge is 2.18. The number of methoxy groups -OCH3 is 1. The summed E-state index contributed by atoms with van der Waals surface area (Å²) in [6.07, 6.45) is 0.909. The van der Waals surface area contributed by atoms with Crippen LogP contribution in [0.5, 0.6) is 0 Å². The number of benzene rings is 1. The minimum absolute atomic E-state index is 0.0607. The van der Waals surface area contributed by atoms with Crippen LogP contribution in [0.25, 0.3) is 11.0 Å². The van der Waals surface area contributed by atoms with Crippen molar-refractivity contribution in [3.63, 3.8) is 0 Å². The summed E-state index contributed by atoms with van der Waals surface area (Å²) in [7, 11) is 1.30. The van der Waals surface area contributed by atoms with E-state index in [9.17, 15) is 14.4 Å². The third kappa shape index (κ3) is 4.10. The summed E-state index contributed by atoms with van der Waals surface area (Å²) in [5.41, 5.74) is 1.56. The molecule has 2 aromatic rings. The van der Waals surface area contributed by atoms with Crippen molar-refractivity contribution in [1.29, 1.82) is 0 Å². The molecular formula is C18H25N3O4. The monoisotopic (exact) mass is 347 g/mol. The van der Waals surface area contributed by atoms with E-state index in [4.69, 9.17) is 0 Å². The van der Waals surface area contributed by atoms with Crippen molar-refractivity contribution in [3.8, 4) is 0 Å². The van der Waals surface area contributed by atoms with E-state index in [-0.39, 0.29) is 31.1 Å². The number of carbonyl (C=O) groups is 2. The Kier molecular flexibility index (Phi) is 6.38. The van der Waals surface area contributed by atoms with Gasteiger partial charge in [0.15, 0.2) is 0 Å². The number of carbonyl (C=O) groups excluding carboxylic acids is 2. The predicted octanol–water partition coefficient (Wildman–Crippen LogP) is 1.62. The summed E-state index contributed by atoms with van der Waals surface area (Å²) in [6, 6.07) is 7.55. The van der Waals surface area contributed by atoms with Gasteiger partial charge in [0.25, 0.3) is 0 Å². The fourth-order valence-corrected chi connectivity index (χ4v) is 2.94. The van der Waals surface area contributed by atoms with Crippen molar-refractivity contribution in [2.24, 2.45) is 0 Å². The van der Waals surface area contributed by atoms with Crippen LogP contribution in [0, 0.1) is 0 Å². The molecule has 1 amide bonds. The molecule has 0 aliphatic rings. The molecule has 0 saturated carbocycles. The summed E-state index contributed by atoms with van der Waals surface area (Å²) in [5, 5.41) is 0. The molecule has 0 radical (unpaired) electrons. The van der Waals surface area contributed by atoms with Gasteiger partial charge in [-0.2, -0.15) is 0 Å². The highest BCUT2D eigenvalue weighted by atomic mass is 16.5. The number of aryl methyl sites for hydroxylation is 2. The molecule has 7 heteroatoms. The maximum Gasteiger partial charge on any atom is 0.329 e. The second-order valence-corrected chi connectivity index (χ2v) is 5.81. The highest BCUT2D eigenvalue weighted by molar-refractivity contribution is 5.82. The average Bonchev–Trinajstić information content (AvgIpc) is 2.89. The molecule has 1 aromatic carbocycles. The number of hydrogen-bond donors (Lipinski definition) is 0. The maximum atomic E-state index is 12.6. The zero-order valence-corrected chi connectivity index (χ0v) is 15.0. The Morgan fingerprint density at radius 1 is 1.12 bits per heavy atom. The van der Waals surface area contributed by atoms with E-state index in [1.165, 1.54) is 12.0 Å². The van der Waals surface area contributed by atoms with Crippen LogP contribution in [0.2, 0.25) is 0 Å². The van der Waals surface area contributed by atoms with Gasteiger partial charge in [-0.25, -0.2) is 4.79 Å². The number of rotatable bonds is 8. The third-order valence-electron chi connectivity index (χ3n) is 4.18. The highest BCUT2D eigenvalue weighted by Crippen LogP contribution is 2.13. The number of imidazole rings is 1. The first-order valence-corrected chi connectivity index (χ1v) is 8.56. The Balaban J connectivity index is 2.18. The molecule has 0 unspecified atom stereocenters. The molecule has 1 heterocycles. The Labute approximate surface area is 146 Å². The van der Waals surface area contributed by atoms with Crippen LogP contribution >= 0.6 is 0 Å². The number of fused-ring (bicyclic) bond motifs is 1. The second kappa shape index (κ2) is 8.50. The maximum absolute atomic E-state index is 12.6. The van der Waals surface area contributed by atoms with Crippen LogP contribution in [0.1, 0.15) is 26.7 Å². The topological polar surface area (TPSA) is 73.5 Å². The standard InChI is InChI=1S/C18H25N3O4/c1-4-11-19(13-17(23)25-3)16(22)10-12-21-15-9-7-6-8-14(15)20(5-2)18(21)24/h6-9H,4-5,10-13H2,1-3H3. The molecule has 0 atom stereocenters. The number of nitrogens with zero attached hydrogens (tertiary/aromatic N) is 3. The zero-order chi connectivity index (χ0) is 18.4. The lowest BCUT2D eigenvalue weighted by Crippen LogP contribution is -2.37. The third-order valence-corrected chi connectivity index (χ3v) is 4.18. The van der Waals surface area contributed by atoms with Gasteiger partial charge in [-0.1, -0.05) is 19.1 Å². The average molecular weight is 347 g/mol. The van der Waals surface area contributed by atoms with E-state index in [1.807, 2.05) is 38.1 Å². The predicted molar refractivity (Wildman–Crippen MR) is 95.4 cm³/mol. The van der Waals surface area contributed by atoms with Crippen molar-refractivity contribution < 1.29 is 14.3 Å². The molecule has 0 bridgehead atoms. The fourth-order valence-electron chi connectivity index (χ4n) is 2.94. The van der Waals surface area contributed by atoms with Crippen LogP contribution in [0.4, 0.5) is 0 Å². The molecule has 0 N–H and O–H groups in total. The lowest BCUT2D eigenvalue weighted by molar-refractivity contribution is -0.147. The van der Waals surface area contributed by atoms with E-state index in [0.717, 1.165) is 17.5 Å². The van der Waals surface area contributed by atoms with Gasteiger partial charge in [0.2, 0.25) is 5.91 Å². The number of hydrogen-bond acceptors (Lipinski definition) is 4. The molecular weight excluding hydrogens is 322 g/mol. The van der Waals surface area contributed by atoms with E-state index in [2.05, 4.69) is 4.74 Å². The first-order valence-electron chi connectivity index (χ1n) is 8.56. The van der Waals surface area contributed by atoms with Gasteiger partial charge in [0, 0.05) is 26.1 Å². The molecule has 2 rings (SSSR count). The number of aromatic nitrogens is 2. The molecule has 136 valence electrons. The normalized spacial score (nSPS) is 10.8. The summed E-state index contributed by atoms with van der Waals surface area (Å²) < 4.78 is 7.96. The Bertz CT molecular complexity index is 806. The van der Waals surface area contributed by atoms with Gasteiger partial charge >= 0.3 is 11.7 Å². The smallest absolute Gasteiger partial charge is 0.329 e. The van der Waals surface area contributed by atoms with Crippen molar-refractivity contribution >= 4 is 22.9 Å². The van der Waals surface area contributed by atoms with Gasteiger partial charge in [-0.15, -0.1) is 0 Å². The summed E-state index contributed by atoms with van der Waals surface area (Å²) >= 11 is 0. The molecule has 0 saturated heterocycles.